The summed E-state index contributed by atoms with van der Waals surface area (Å²) in [5.74, 6) is 0.0911. The van der Waals surface area contributed by atoms with Crippen molar-refractivity contribution in [1.82, 2.24) is 9.80 Å². The first-order chi connectivity index (χ1) is 7.59. The van der Waals surface area contributed by atoms with Gasteiger partial charge in [0.05, 0.1) is 6.61 Å². The normalized spacial score (nSPS) is 28.0. The Kier molecular flexibility index (Phi) is 3.11. The first-order valence-corrected chi connectivity index (χ1v) is 5.48. The van der Waals surface area contributed by atoms with Gasteiger partial charge in [0, 0.05) is 32.2 Å². The van der Waals surface area contributed by atoms with E-state index < -0.39 is 0 Å². The molecular weight excluding hydrogens is 210 g/mol. The van der Waals surface area contributed by atoms with Crippen molar-refractivity contribution in [2.75, 3.05) is 33.4 Å². The number of carbonyl (C=O) groups excluding carboxylic acids is 2. The Morgan fingerprint density at radius 2 is 2.31 bits per heavy atom. The number of imide groups is 1. The SMILES string of the molecule is CN1CC(=O)N(CC(N)C2CCOC2)C1=O. The molecule has 2 N–H and O–H groups in total. The van der Waals surface area contributed by atoms with Gasteiger partial charge in [-0.05, 0) is 6.42 Å². The highest BCUT2D eigenvalue weighted by Crippen LogP contribution is 2.18. The summed E-state index contributed by atoms with van der Waals surface area (Å²) >= 11 is 0. The van der Waals surface area contributed by atoms with E-state index in [-0.39, 0.29) is 30.4 Å². The molecule has 2 aliphatic rings. The highest BCUT2D eigenvalue weighted by Gasteiger charge is 2.36. The zero-order valence-corrected chi connectivity index (χ0v) is 9.39. The van der Waals surface area contributed by atoms with Gasteiger partial charge in [0.25, 0.3) is 0 Å². The van der Waals surface area contributed by atoms with Gasteiger partial charge < -0.3 is 15.4 Å². The van der Waals surface area contributed by atoms with Crippen molar-refractivity contribution >= 4 is 11.9 Å². The van der Waals surface area contributed by atoms with Gasteiger partial charge in [-0.3, -0.25) is 9.69 Å². The van der Waals surface area contributed by atoms with E-state index in [1.54, 1.807) is 7.05 Å². The average Bonchev–Trinajstić information content (AvgIpc) is 2.83. The maximum atomic E-state index is 11.6. The average molecular weight is 227 g/mol. The summed E-state index contributed by atoms with van der Waals surface area (Å²) in [4.78, 5) is 25.8. The fraction of sp³-hybridized carbons (Fsp3) is 0.800. The van der Waals surface area contributed by atoms with Crippen LogP contribution in [-0.2, 0) is 9.53 Å². The molecule has 0 spiro atoms. The van der Waals surface area contributed by atoms with Crippen LogP contribution in [0.2, 0.25) is 0 Å². The summed E-state index contributed by atoms with van der Waals surface area (Å²) in [5, 5.41) is 0. The van der Waals surface area contributed by atoms with E-state index in [0.29, 0.717) is 13.2 Å². The maximum Gasteiger partial charge on any atom is 0.327 e. The van der Waals surface area contributed by atoms with Crippen LogP contribution < -0.4 is 5.73 Å². The minimum atomic E-state index is -0.251. The fourth-order valence-corrected chi connectivity index (χ4v) is 2.10. The van der Waals surface area contributed by atoms with Gasteiger partial charge in [-0.1, -0.05) is 0 Å². The third-order valence-corrected chi connectivity index (χ3v) is 3.19. The molecule has 2 unspecified atom stereocenters. The van der Waals surface area contributed by atoms with Crippen molar-refractivity contribution in [3.05, 3.63) is 0 Å². The predicted octanol–water partition coefficient (Wildman–Crippen LogP) is -0.756. The molecule has 3 amide bonds. The van der Waals surface area contributed by atoms with Crippen LogP contribution in [0.3, 0.4) is 0 Å². The molecule has 0 saturated carbocycles. The molecular formula is C10H17N3O3. The zero-order chi connectivity index (χ0) is 11.7. The van der Waals surface area contributed by atoms with E-state index in [4.69, 9.17) is 10.5 Å². The van der Waals surface area contributed by atoms with Gasteiger partial charge in [-0.25, -0.2) is 4.79 Å². The Morgan fingerprint density at radius 3 is 2.81 bits per heavy atom. The first-order valence-electron chi connectivity index (χ1n) is 5.48. The second-order valence-corrected chi connectivity index (χ2v) is 4.43. The van der Waals surface area contributed by atoms with Crippen LogP contribution >= 0.6 is 0 Å². The molecule has 2 saturated heterocycles. The molecule has 0 aliphatic carbocycles. The van der Waals surface area contributed by atoms with Crippen molar-refractivity contribution in [1.29, 1.82) is 0 Å². The van der Waals surface area contributed by atoms with Crippen LogP contribution in [0.5, 0.6) is 0 Å². The fourth-order valence-electron chi connectivity index (χ4n) is 2.10. The standard InChI is InChI=1S/C10H17N3O3/c1-12-5-9(14)13(10(12)15)4-8(11)7-2-3-16-6-7/h7-8H,2-6,11H2,1H3. The predicted molar refractivity (Wildman–Crippen MR) is 56.6 cm³/mol. The Balaban J connectivity index is 1.93. The second kappa shape index (κ2) is 4.39. The van der Waals surface area contributed by atoms with Crippen LogP contribution in [0.1, 0.15) is 6.42 Å². The van der Waals surface area contributed by atoms with E-state index in [1.165, 1.54) is 9.80 Å². The van der Waals surface area contributed by atoms with Gasteiger partial charge in [0.2, 0.25) is 5.91 Å². The number of amides is 3. The highest BCUT2D eigenvalue weighted by atomic mass is 16.5. The second-order valence-electron chi connectivity index (χ2n) is 4.43. The van der Waals surface area contributed by atoms with E-state index in [2.05, 4.69) is 0 Å². The Bertz CT molecular complexity index is 302. The molecule has 2 heterocycles. The Labute approximate surface area is 94.3 Å². The highest BCUT2D eigenvalue weighted by molar-refractivity contribution is 6.01. The molecule has 6 heteroatoms. The third-order valence-electron chi connectivity index (χ3n) is 3.19. The molecule has 2 atom stereocenters. The van der Waals surface area contributed by atoms with Gasteiger partial charge in [0.15, 0.2) is 0 Å². The summed E-state index contributed by atoms with van der Waals surface area (Å²) in [6.07, 6.45) is 0.910. The lowest BCUT2D eigenvalue weighted by molar-refractivity contribution is -0.125. The monoisotopic (exact) mass is 227 g/mol. The molecule has 6 nitrogen and oxygen atoms in total. The molecule has 2 fully saturated rings. The van der Waals surface area contributed by atoms with Crippen LogP contribution in [0.25, 0.3) is 0 Å². The van der Waals surface area contributed by atoms with Crippen molar-refractivity contribution in [3.8, 4) is 0 Å². The van der Waals surface area contributed by atoms with Gasteiger partial charge in [0.1, 0.15) is 6.54 Å². The number of ether oxygens (including phenoxy) is 1. The number of hydrogen-bond donors (Lipinski definition) is 1. The van der Waals surface area contributed by atoms with Gasteiger partial charge in [-0.15, -0.1) is 0 Å². The van der Waals surface area contributed by atoms with Crippen LogP contribution in [0.4, 0.5) is 4.79 Å². The van der Waals surface area contributed by atoms with Crippen molar-refractivity contribution in [2.24, 2.45) is 11.7 Å². The van der Waals surface area contributed by atoms with Crippen molar-refractivity contribution in [3.63, 3.8) is 0 Å². The Morgan fingerprint density at radius 1 is 1.56 bits per heavy atom. The minimum Gasteiger partial charge on any atom is -0.381 e. The van der Waals surface area contributed by atoms with Crippen LogP contribution in [0, 0.1) is 5.92 Å². The number of urea groups is 1. The summed E-state index contributed by atoms with van der Waals surface area (Å²) in [5.41, 5.74) is 5.98. The zero-order valence-electron chi connectivity index (χ0n) is 9.39. The molecule has 0 bridgehead atoms. The number of nitrogens with zero attached hydrogens (tertiary/aromatic N) is 2. The maximum absolute atomic E-state index is 11.6. The molecule has 16 heavy (non-hydrogen) atoms. The number of likely N-dealkylation sites (N-methyl/N-ethyl adjacent to an activating group) is 1. The lowest BCUT2D eigenvalue weighted by Gasteiger charge is -2.22. The van der Waals surface area contributed by atoms with E-state index in [9.17, 15) is 9.59 Å². The molecule has 0 aromatic carbocycles. The van der Waals surface area contributed by atoms with E-state index in [1.807, 2.05) is 0 Å². The summed E-state index contributed by atoms with van der Waals surface area (Å²) in [6, 6.07) is -0.429. The summed E-state index contributed by atoms with van der Waals surface area (Å²) in [7, 11) is 1.62. The largest absolute Gasteiger partial charge is 0.381 e. The summed E-state index contributed by atoms with van der Waals surface area (Å²) < 4.78 is 5.24. The van der Waals surface area contributed by atoms with Crippen LogP contribution in [0.15, 0.2) is 0 Å². The van der Waals surface area contributed by atoms with Crippen molar-refractivity contribution < 1.29 is 14.3 Å². The quantitative estimate of drug-likeness (QED) is 0.643. The lowest BCUT2D eigenvalue weighted by Crippen LogP contribution is -2.45. The molecule has 2 rings (SSSR count). The molecule has 2 aliphatic heterocycles. The number of carbonyl (C=O) groups is 2. The number of hydrogen-bond acceptors (Lipinski definition) is 4. The third kappa shape index (κ3) is 2.03. The summed E-state index contributed by atoms with van der Waals surface area (Å²) in [6.45, 7) is 1.82. The van der Waals surface area contributed by atoms with Crippen LogP contribution in [-0.4, -0.2) is 61.1 Å². The van der Waals surface area contributed by atoms with E-state index in [0.717, 1.165) is 13.0 Å². The molecule has 90 valence electrons. The Hall–Kier alpha value is -1.14. The van der Waals surface area contributed by atoms with Gasteiger partial charge >= 0.3 is 6.03 Å². The van der Waals surface area contributed by atoms with Gasteiger partial charge in [-0.2, -0.15) is 0 Å². The first kappa shape index (κ1) is 11.3. The molecule has 0 aromatic rings. The number of nitrogens with two attached hydrogens (primary N) is 1. The molecule has 0 radical (unpaired) electrons. The topological polar surface area (TPSA) is 75.9 Å². The minimum absolute atomic E-state index is 0.159. The molecule has 0 aromatic heterocycles. The smallest absolute Gasteiger partial charge is 0.327 e. The lowest BCUT2D eigenvalue weighted by atomic mass is 9.99. The van der Waals surface area contributed by atoms with E-state index >= 15 is 0 Å². The number of rotatable bonds is 3. The van der Waals surface area contributed by atoms with Crippen molar-refractivity contribution in [2.45, 2.75) is 12.5 Å².